The third-order valence-corrected chi connectivity index (χ3v) is 5.40. The molecule has 0 saturated carbocycles. The summed E-state index contributed by atoms with van der Waals surface area (Å²) in [4.78, 5) is 21.6. The van der Waals surface area contributed by atoms with Crippen LogP contribution >= 0.6 is 46.6 Å². The fourth-order valence-corrected chi connectivity index (χ4v) is 3.68. The molecule has 3 rings (SSSR count). The standard InChI is InChI=1S/C18H12Cl3N3OS/c1-10-2-5-13(20)8-14(10)26-18-15(16(21)22-9-23-18)24-17(25)11-3-6-12(19)7-4-11/h2-9H,1H3,(H,24,25). The van der Waals surface area contributed by atoms with Gasteiger partial charge in [0, 0.05) is 20.5 Å². The third-order valence-electron chi connectivity index (χ3n) is 3.47. The van der Waals surface area contributed by atoms with Crippen molar-refractivity contribution in [2.45, 2.75) is 16.8 Å². The van der Waals surface area contributed by atoms with E-state index in [0.717, 1.165) is 10.5 Å². The van der Waals surface area contributed by atoms with E-state index >= 15 is 0 Å². The Morgan fingerprint density at radius 2 is 1.69 bits per heavy atom. The first-order valence-corrected chi connectivity index (χ1v) is 9.40. The number of nitrogens with zero attached hydrogens (tertiary/aromatic N) is 2. The van der Waals surface area contributed by atoms with Crippen LogP contribution < -0.4 is 5.32 Å². The van der Waals surface area contributed by atoms with Crippen molar-refractivity contribution in [1.29, 1.82) is 0 Å². The van der Waals surface area contributed by atoms with E-state index in [4.69, 9.17) is 34.8 Å². The van der Waals surface area contributed by atoms with Crippen LogP contribution in [0.4, 0.5) is 5.69 Å². The van der Waals surface area contributed by atoms with Crippen molar-refractivity contribution in [2.24, 2.45) is 0 Å². The summed E-state index contributed by atoms with van der Waals surface area (Å²) in [7, 11) is 0. The highest BCUT2D eigenvalue weighted by Gasteiger charge is 2.16. The van der Waals surface area contributed by atoms with Gasteiger partial charge in [0.1, 0.15) is 17.0 Å². The first-order chi connectivity index (χ1) is 12.4. The van der Waals surface area contributed by atoms with Crippen LogP contribution in [0.3, 0.4) is 0 Å². The average molecular weight is 425 g/mol. The van der Waals surface area contributed by atoms with Crippen molar-refractivity contribution >= 4 is 58.2 Å². The van der Waals surface area contributed by atoms with Crippen LogP contribution in [-0.4, -0.2) is 15.9 Å². The molecule has 0 unspecified atom stereocenters. The zero-order valence-corrected chi connectivity index (χ0v) is 16.5. The average Bonchev–Trinajstić information content (AvgIpc) is 2.61. The number of carbonyl (C=O) groups excluding carboxylic acids is 1. The molecule has 0 radical (unpaired) electrons. The van der Waals surface area contributed by atoms with Gasteiger partial charge in [-0.25, -0.2) is 9.97 Å². The highest BCUT2D eigenvalue weighted by atomic mass is 35.5. The molecule has 0 aliphatic rings. The van der Waals surface area contributed by atoms with E-state index in [0.29, 0.717) is 26.3 Å². The molecule has 0 bridgehead atoms. The van der Waals surface area contributed by atoms with Crippen LogP contribution in [0.1, 0.15) is 15.9 Å². The van der Waals surface area contributed by atoms with Crippen molar-refractivity contribution in [1.82, 2.24) is 9.97 Å². The Morgan fingerprint density at radius 3 is 2.42 bits per heavy atom. The minimum atomic E-state index is -0.331. The maximum absolute atomic E-state index is 12.5. The topological polar surface area (TPSA) is 54.9 Å². The molecule has 8 heteroatoms. The van der Waals surface area contributed by atoms with Gasteiger partial charge in [-0.05, 0) is 48.9 Å². The molecule has 4 nitrogen and oxygen atoms in total. The summed E-state index contributed by atoms with van der Waals surface area (Å²) < 4.78 is 0. The summed E-state index contributed by atoms with van der Waals surface area (Å²) in [5.41, 5.74) is 1.83. The van der Waals surface area contributed by atoms with E-state index in [1.54, 1.807) is 24.3 Å². The number of hydrogen-bond donors (Lipinski definition) is 1. The zero-order chi connectivity index (χ0) is 18.7. The summed E-state index contributed by atoms with van der Waals surface area (Å²) in [6.07, 6.45) is 1.35. The Kier molecular flexibility index (Phi) is 6.04. The smallest absolute Gasteiger partial charge is 0.255 e. The number of amides is 1. The molecule has 1 amide bonds. The van der Waals surface area contributed by atoms with Gasteiger partial charge in [-0.15, -0.1) is 0 Å². The van der Waals surface area contributed by atoms with Gasteiger partial charge >= 0.3 is 0 Å². The monoisotopic (exact) mass is 423 g/mol. The molecule has 0 saturated heterocycles. The second-order valence-electron chi connectivity index (χ2n) is 5.32. The molecule has 1 heterocycles. The normalized spacial score (nSPS) is 10.6. The summed E-state index contributed by atoms with van der Waals surface area (Å²) >= 11 is 19.5. The first-order valence-electron chi connectivity index (χ1n) is 7.45. The van der Waals surface area contributed by atoms with Crippen LogP contribution in [-0.2, 0) is 0 Å². The minimum Gasteiger partial charge on any atom is -0.317 e. The van der Waals surface area contributed by atoms with Crippen molar-refractivity contribution in [2.75, 3.05) is 5.32 Å². The summed E-state index contributed by atoms with van der Waals surface area (Å²) in [6, 6.07) is 12.1. The number of hydrogen-bond acceptors (Lipinski definition) is 4. The third kappa shape index (κ3) is 4.48. The van der Waals surface area contributed by atoms with Crippen LogP contribution in [0.15, 0.2) is 58.7 Å². The Bertz CT molecular complexity index is 964. The van der Waals surface area contributed by atoms with E-state index in [2.05, 4.69) is 15.3 Å². The van der Waals surface area contributed by atoms with Crippen LogP contribution in [0, 0.1) is 6.92 Å². The lowest BCUT2D eigenvalue weighted by Crippen LogP contribution is -2.13. The van der Waals surface area contributed by atoms with E-state index < -0.39 is 0 Å². The largest absolute Gasteiger partial charge is 0.317 e. The van der Waals surface area contributed by atoms with E-state index in [1.165, 1.54) is 18.1 Å². The highest BCUT2D eigenvalue weighted by molar-refractivity contribution is 7.99. The van der Waals surface area contributed by atoms with Crippen LogP contribution in [0.25, 0.3) is 0 Å². The van der Waals surface area contributed by atoms with Gasteiger partial charge in [-0.2, -0.15) is 0 Å². The first kappa shape index (κ1) is 19.0. The molecule has 0 atom stereocenters. The second kappa shape index (κ2) is 8.27. The van der Waals surface area contributed by atoms with Gasteiger partial charge in [0.25, 0.3) is 5.91 Å². The van der Waals surface area contributed by atoms with Gasteiger partial charge in [-0.1, -0.05) is 52.6 Å². The maximum Gasteiger partial charge on any atom is 0.255 e. The predicted octanol–water partition coefficient (Wildman–Crippen LogP) is 6.15. The van der Waals surface area contributed by atoms with E-state index in [9.17, 15) is 4.79 Å². The number of nitrogens with one attached hydrogen (secondary N) is 1. The number of rotatable bonds is 4. The van der Waals surface area contributed by atoms with Crippen molar-refractivity contribution < 1.29 is 4.79 Å². The summed E-state index contributed by atoms with van der Waals surface area (Å²) in [6.45, 7) is 1.97. The maximum atomic E-state index is 12.5. The summed E-state index contributed by atoms with van der Waals surface area (Å²) in [5, 5.41) is 4.63. The van der Waals surface area contributed by atoms with Crippen LogP contribution in [0.5, 0.6) is 0 Å². The lowest BCUT2D eigenvalue weighted by Gasteiger charge is -2.12. The minimum absolute atomic E-state index is 0.157. The Labute approximate surface area is 169 Å². The molecule has 2 aromatic carbocycles. The van der Waals surface area contributed by atoms with Crippen LogP contribution in [0.2, 0.25) is 15.2 Å². The van der Waals surface area contributed by atoms with Gasteiger partial charge < -0.3 is 5.32 Å². The second-order valence-corrected chi connectivity index (χ2v) is 7.58. The molecule has 0 spiro atoms. The van der Waals surface area contributed by atoms with Crippen molar-refractivity contribution in [3.63, 3.8) is 0 Å². The molecule has 26 heavy (non-hydrogen) atoms. The predicted molar refractivity (Wildman–Crippen MR) is 107 cm³/mol. The Morgan fingerprint density at radius 1 is 1.00 bits per heavy atom. The lowest BCUT2D eigenvalue weighted by atomic mass is 10.2. The number of benzene rings is 2. The lowest BCUT2D eigenvalue weighted by molar-refractivity contribution is 0.102. The molecular formula is C18H12Cl3N3OS. The van der Waals surface area contributed by atoms with E-state index in [-0.39, 0.29) is 11.1 Å². The molecule has 0 fully saturated rings. The SMILES string of the molecule is Cc1ccc(Cl)cc1Sc1ncnc(Cl)c1NC(=O)c1ccc(Cl)cc1. The number of aromatic nitrogens is 2. The number of carbonyl (C=O) groups is 1. The number of aryl methyl sites for hydroxylation is 1. The van der Waals surface area contributed by atoms with Crippen molar-refractivity contribution in [3.8, 4) is 0 Å². The highest BCUT2D eigenvalue weighted by Crippen LogP contribution is 2.37. The van der Waals surface area contributed by atoms with E-state index in [1.807, 2.05) is 25.1 Å². The van der Waals surface area contributed by atoms with Gasteiger partial charge in [0.15, 0.2) is 5.15 Å². The molecule has 132 valence electrons. The zero-order valence-electron chi connectivity index (χ0n) is 13.5. The van der Waals surface area contributed by atoms with Gasteiger partial charge in [0.2, 0.25) is 0 Å². The van der Waals surface area contributed by atoms with Gasteiger partial charge in [0.05, 0.1) is 0 Å². The fraction of sp³-hybridized carbons (Fsp3) is 0.0556. The van der Waals surface area contributed by atoms with Gasteiger partial charge in [-0.3, -0.25) is 4.79 Å². The molecule has 0 aliphatic carbocycles. The number of halogens is 3. The Balaban J connectivity index is 1.91. The molecular weight excluding hydrogens is 413 g/mol. The molecule has 1 aromatic heterocycles. The molecule has 0 aliphatic heterocycles. The van der Waals surface area contributed by atoms with Crippen molar-refractivity contribution in [3.05, 3.63) is 75.1 Å². The number of anilines is 1. The fourth-order valence-electron chi connectivity index (χ4n) is 2.11. The Hall–Kier alpha value is -1.79. The summed E-state index contributed by atoms with van der Waals surface area (Å²) in [5.74, 6) is -0.331. The molecule has 3 aromatic rings. The molecule has 1 N–H and O–H groups in total. The quantitative estimate of drug-likeness (QED) is 0.510.